The standard InChI is InChI=1S/C27H31NO10/c1-14(2)11-35-26(32)28-27(10-17(29)20(30)23-24(27)38-23)16-9-18-21(37-13-36-18)22(19(16)25(31)33-3)34-12-15-7-5-4-6-8-15/h4-9,14,17,20,23-24,29-30H,10-13H2,1-3H3,(H,28,32). The number of aliphatic hydroxyl groups excluding tert-OH is 2. The number of amides is 1. The van der Waals surface area contributed by atoms with Gasteiger partial charge in [0.1, 0.15) is 36.0 Å². The van der Waals surface area contributed by atoms with Crippen molar-refractivity contribution in [2.45, 2.75) is 56.8 Å². The number of fused-ring (bicyclic) bond motifs is 2. The number of alkyl carbamates (subject to hydrolysis) is 1. The Hall–Kier alpha value is -3.54. The van der Waals surface area contributed by atoms with E-state index >= 15 is 0 Å². The molecule has 2 fully saturated rings. The van der Waals surface area contributed by atoms with Gasteiger partial charge < -0.3 is 44.0 Å². The van der Waals surface area contributed by atoms with E-state index in [-0.39, 0.29) is 60.7 Å². The number of rotatable bonds is 8. The second kappa shape index (κ2) is 10.3. The minimum absolute atomic E-state index is 0.0188. The Balaban J connectivity index is 1.64. The van der Waals surface area contributed by atoms with Crippen LogP contribution >= 0.6 is 0 Å². The van der Waals surface area contributed by atoms with E-state index in [1.54, 1.807) is 6.07 Å². The monoisotopic (exact) mass is 529 g/mol. The second-order valence-corrected chi connectivity index (χ2v) is 10.00. The minimum atomic E-state index is -1.48. The van der Waals surface area contributed by atoms with Crippen LogP contribution in [0.3, 0.4) is 0 Å². The molecule has 1 aliphatic carbocycles. The Kier molecular flexibility index (Phi) is 7.08. The molecule has 3 N–H and O–H groups in total. The Labute approximate surface area is 219 Å². The molecule has 204 valence electrons. The Morgan fingerprint density at radius 2 is 1.95 bits per heavy atom. The van der Waals surface area contributed by atoms with Gasteiger partial charge in [-0.1, -0.05) is 44.2 Å². The van der Waals surface area contributed by atoms with E-state index in [1.807, 2.05) is 44.2 Å². The molecule has 0 radical (unpaired) electrons. The van der Waals surface area contributed by atoms with Crippen molar-refractivity contribution in [1.29, 1.82) is 0 Å². The Morgan fingerprint density at radius 3 is 2.66 bits per heavy atom. The van der Waals surface area contributed by atoms with Gasteiger partial charge in [-0.25, -0.2) is 9.59 Å². The fourth-order valence-corrected chi connectivity index (χ4v) is 5.02. The first-order chi connectivity index (χ1) is 18.2. The van der Waals surface area contributed by atoms with Crippen LogP contribution in [0.2, 0.25) is 0 Å². The van der Waals surface area contributed by atoms with Gasteiger partial charge in [0.25, 0.3) is 0 Å². The van der Waals surface area contributed by atoms with Crippen molar-refractivity contribution in [3.05, 3.63) is 53.1 Å². The van der Waals surface area contributed by atoms with Gasteiger partial charge in [0, 0.05) is 12.0 Å². The van der Waals surface area contributed by atoms with Crippen LogP contribution in [-0.2, 0) is 26.4 Å². The predicted octanol–water partition coefficient (Wildman–Crippen LogP) is 2.25. The molecule has 1 saturated heterocycles. The number of carbonyl (C=O) groups is 2. The maximum absolute atomic E-state index is 13.3. The number of carbonyl (C=O) groups excluding carboxylic acids is 2. The molecular formula is C27H31NO10. The van der Waals surface area contributed by atoms with Gasteiger partial charge in [-0.2, -0.15) is 0 Å². The fourth-order valence-electron chi connectivity index (χ4n) is 5.02. The molecule has 0 spiro atoms. The van der Waals surface area contributed by atoms with Crippen molar-refractivity contribution in [2.75, 3.05) is 20.5 Å². The van der Waals surface area contributed by atoms with E-state index in [2.05, 4.69) is 5.32 Å². The quantitative estimate of drug-likeness (QED) is 0.344. The number of methoxy groups -OCH3 is 1. The normalized spacial score (nSPS) is 26.9. The summed E-state index contributed by atoms with van der Waals surface area (Å²) in [4.78, 5) is 26.3. The zero-order chi connectivity index (χ0) is 27.0. The van der Waals surface area contributed by atoms with Crippen molar-refractivity contribution < 1.29 is 48.2 Å². The van der Waals surface area contributed by atoms with E-state index < -0.39 is 42.0 Å². The highest BCUT2D eigenvalue weighted by Crippen LogP contribution is 2.55. The highest BCUT2D eigenvalue weighted by molar-refractivity contribution is 5.97. The molecular weight excluding hydrogens is 498 g/mol. The molecule has 5 atom stereocenters. The highest BCUT2D eigenvalue weighted by atomic mass is 16.7. The summed E-state index contributed by atoms with van der Waals surface area (Å²) in [7, 11) is 1.23. The van der Waals surface area contributed by atoms with Crippen molar-refractivity contribution >= 4 is 12.1 Å². The summed E-state index contributed by atoms with van der Waals surface area (Å²) in [5.74, 6) is -0.108. The molecule has 5 unspecified atom stereocenters. The number of esters is 1. The van der Waals surface area contributed by atoms with Crippen molar-refractivity contribution in [1.82, 2.24) is 5.32 Å². The van der Waals surface area contributed by atoms with Crippen LogP contribution in [0.1, 0.15) is 41.8 Å². The van der Waals surface area contributed by atoms with Crippen LogP contribution in [0, 0.1) is 5.92 Å². The molecule has 2 aromatic rings. The van der Waals surface area contributed by atoms with Crippen LogP contribution in [0.15, 0.2) is 36.4 Å². The summed E-state index contributed by atoms with van der Waals surface area (Å²) in [5, 5.41) is 24.1. The molecule has 2 aliphatic heterocycles. The lowest BCUT2D eigenvalue weighted by Gasteiger charge is -2.40. The van der Waals surface area contributed by atoms with E-state index in [0.717, 1.165) is 5.56 Å². The lowest BCUT2D eigenvalue weighted by atomic mass is 9.72. The molecule has 3 aliphatic rings. The third-order valence-electron chi connectivity index (χ3n) is 6.86. The molecule has 1 saturated carbocycles. The lowest BCUT2D eigenvalue weighted by molar-refractivity contribution is -0.0265. The van der Waals surface area contributed by atoms with Crippen molar-refractivity contribution in [3.8, 4) is 17.2 Å². The van der Waals surface area contributed by atoms with Gasteiger partial charge >= 0.3 is 12.1 Å². The fraction of sp³-hybridized carbons (Fsp3) is 0.481. The molecule has 0 bridgehead atoms. The van der Waals surface area contributed by atoms with E-state index in [1.165, 1.54) is 7.11 Å². The molecule has 0 aromatic heterocycles. The summed E-state index contributed by atoms with van der Waals surface area (Å²) in [5.41, 5.74) is -0.424. The average molecular weight is 530 g/mol. The minimum Gasteiger partial charge on any atom is -0.484 e. The second-order valence-electron chi connectivity index (χ2n) is 10.00. The van der Waals surface area contributed by atoms with Crippen molar-refractivity contribution in [3.63, 3.8) is 0 Å². The van der Waals surface area contributed by atoms with E-state index in [9.17, 15) is 19.8 Å². The number of epoxide rings is 1. The molecule has 2 aromatic carbocycles. The summed E-state index contributed by atoms with van der Waals surface area (Å²) in [6, 6.07) is 10.9. The third kappa shape index (κ3) is 4.72. The largest absolute Gasteiger partial charge is 0.484 e. The van der Waals surface area contributed by atoms with E-state index in [4.69, 9.17) is 28.4 Å². The predicted molar refractivity (Wildman–Crippen MR) is 131 cm³/mol. The van der Waals surface area contributed by atoms with E-state index in [0.29, 0.717) is 0 Å². The number of nitrogens with one attached hydrogen (secondary N) is 1. The van der Waals surface area contributed by atoms with Gasteiger partial charge in [0.15, 0.2) is 11.5 Å². The zero-order valence-electron chi connectivity index (χ0n) is 21.3. The smallest absolute Gasteiger partial charge is 0.407 e. The maximum atomic E-state index is 13.3. The van der Waals surface area contributed by atoms with Crippen LogP contribution in [-0.4, -0.2) is 67.2 Å². The number of hydrogen-bond donors (Lipinski definition) is 3. The lowest BCUT2D eigenvalue weighted by Crippen LogP contribution is -2.58. The SMILES string of the molecule is COC(=O)c1c(C2(NC(=O)OCC(C)C)CC(O)C(O)C3OC32)cc2c(c1OCc1ccccc1)OCO2. The van der Waals surface area contributed by atoms with Gasteiger partial charge in [0.2, 0.25) is 12.5 Å². The average Bonchev–Trinajstić information content (AvgIpc) is 3.59. The summed E-state index contributed by atoms with van der Waals surface area (Å²) >= 11 is 0. The number of hydrogen-bond acceptors (Lipinski definition) is 10. The van der Waals surface area contributed by atoms with Crippen LogP contribution in [0.5, 0.6) is 17.2 Å². The summed E-state index contributed by atoms with van der Waals surface area (Å²) in [6.07, 6.45) is -4.91. The van der Waals surface area contributed by atoms with Gasteiger partial charge in [0.05, 0.1) is 19.8 Å². The van der Waals surface area contributed by atoms with Crippen LogP contribution in [0.4, 0.5) is 4.79 Å². The summed E-state index contributed by atoms with van der Waals surface area (Å²) in [6.45, 7) is 3.94. The number of benzene rings is 2. The molecule has 11 heteroatoms. The topological polar surface area (TPSA) is 145 Å². The molecule has 11 nitrogen and oxygen atoms in total. The zero-order valence-corrected chi connectivity index (χ0v) is 21.3. The summed E-state index contributed by atoms with van der Waals surface area (Å²) < 4.78 is 33.8. The molecule has 1 amide bonds. The first-order valence-electron chi connectivity index (χ1n) is 12.4. The molecule has 5 rings (SSSR count). The van der Waals surface area contributed by atoms with Gasteiger partial charge in [-0.3, -0.25) is 0 Å². The molecule has 38 heavy (non-hydrogen) atoms. The van der Waals surface area contributed by atoms with Gasteiger partial charge in [-0.15, -0.1) is 0 Å². The Morgan fingerprint density at radius 1 is 1.18 bits per heavy atom. The third-order valence-corrected chi connectivity index (χ3v) is 6.86. The van der Waals surface area contributed by atoms with Crippen molar-refractivity contribution in [2.24, 2.45) is 5.92 Å². The van der Waals surface area contributed by atoms with Crippen LogP contribution in [0.25, 0.3) is 0 Å². The molecule has 2 heterocycles. The highest BCUT2D eigenvalue weighted by Gasteiger charge is 2.66. The number of aliphatic hydroxyl groups is 2. The van der Waals surface area contributed by atoms with Crippen LogP contribution < -0.4 is 19.5 Å². The van der Waals surface area contributed by atoms with Gasteiger partial charge in [-0.05, 0) is 17.5 Å². The number of ether oxygens (including phenoxy) is 6. The maximum Gasteiger partial charge on any atom is 0.407 e. The first-order valence-corrected chi connectivity index (χ1v) is 12.4. The Bertz CT molecular complexity index is 1200. The first kappa shape index (κ1) is 26.1.